The molecule has 1 fully saturated rings. The van der Waals surface area contributed by atoms with Gasteiger partial charge in [0.05, 0.1) is 57.0 Å². The third-order valence-corrected chi connectivity index (χ3v) is 5.66. The molecule has 162 valence electrons. The second kappa shape index (κ2) is 9.09. The van der Waals surface area contributed by atoms with Crippen molar-refractivity contribution >= 4 is 34.2 Å². The zero-order chi connectivity index (χ0) is 21.8. The summed E-state index contributed by atoms with van der Waals surface area (Å²) < 4.78 is 10.3. The number of carbonyl (C=O) groups excluding carboxylic acids is 2. The zero-order valence-corrected chi connectivity index (χ0v) is 17.7. The van der Waals surface area contributed by atoms with Crippen LogP contribution >= 0.6 is 0 Å². The molecule has 0 unspecified atom stereocenters. The zero-order valence-electron chi connectivity index (χ0n) is 17.7. The quantitative estimate of drug-likeness (QED) is 0.521. The number of nitrogens with one attached hydrogen (secondary N) is 3. The van der Waals surface area contributed by atoms with Crippen LogP contribution in [0, 0.1) is 0 Å². The monoisotopic (exact) mass is 423 g/mol. The van der Waals surface area contributed by atoms with Gasteiger partial charge in [-0.1, -0.05) is 24.3 Å². The summed E-state index contributed by atoms with van der Waals surface area (Å²) in [6.07, 6.45) is 0. The van der Waals surface area contributed by atoms with Crippen molar-refractivity contribution in [2.24, 2.45) is 0 Å². The summed E-state index contributed by atoms with van der Waals surface area (Å²) in [7, 11) is 2.87. The number of methoxy groups -OCH3 is 2. The van der Waals surface area contributed by atoms with E-state index in [0.717, 1.165) is 26.2 Å². The average Bonchev–Trinajstić information content (AvgIpc) is 3.18. The van der Waals surface area contributed by atoms with Gasteiger partial charge in [-0.15, -0.1) is 0 Å². The minimum absolute atomic E-state index is 0.153. The Labute approximate surface area is 180 Å². The van der Waals surface area contributed by atoms with E-state index in [1.165, 1.54) is 17.7 Å². The van der Waals surface area contributed by atoms with E-state index in [2.05, 4.69) is 27.3 Å². The molecule has 1 amide bonds. The van der Waals surface area contributed by atoms with Crippen molar-refractivity contribution in [2.75, 3.05) is 57.2 Å². The van der Waals surface area contributed by atoms with Gasteiger partial charge in [0.25, 0.3) is 5.91 Å². The first-order valence-corrected chi connectivity index (χ1v) is 10.3. The number of quaternary nitrogens is 1. The number of hydrogen-bond donors (Lipinski definition) is 3. The number of esters is 1. The van der Waals surface area contributed by atoms with Gasteiger partial charge in [-0.25, -0.2) is 4.79 Å². The number of hydrogen-bond acceptors (Lipinski definition) is 5. The van der Waals surface area contributed by atoms with E-state index >= 15 is 0 Å². The normalized spacial score (nSPS) is 14.5. The topological polar surface area (TPSA) is 88.1 Å². The summed E-state index contributed by atoms with van der Waals surface area (Å²) in [4.78, 5) is 31.8. The van der Waals surface area contributed by atoms with Gasteiger partial charge in [0, 0.05) is 5.69 Å². The minimum atomic E-state index is -0.544. The fourth-order valence-corrected chi connectivity index (χ4v) is 4.07. The molecule has 0 aliphatic carbocycles. The molecule has 0 radical (unpaired) electrons. The maximum atomic E-state index is 12.9. The maximum Gasteiger partial charge on any atom is 0.356 e. The summed E-state index contributed by atoms with van der Waals surface area (Å²) in [6, 6.07) is 15.7. The van der Waals surface area contributed by atoms with E-state index in [1.54, 1.807) is 13.2 Å². The molecule has 0 spiro atoms. The molecule has 0 saturated carbocycles. The molecule has 2 heterocycles. The van der Waals surface area contributed by atoms with Crippen LogP contribution in [0.4, 0.5) is 11.4 Å². The highest BCUT2D eigenvalue weighted by atomic mass is 16.5. The van der Waals surface area contributed by atoms with Gasteiger partial charge in [-0.3, -0.25) is 4.79 Å². The number of rotatable bonds is 6. The van der Waals surface area contributed by atoms with Crippen molar-refractivity contribution in [2.45, 2.75) is 0 Å². The van der Waals surface area contributed by atoms with Gasteiger partial charge in [0.2, 0.25) is 0 Å². The number of aromatic amines is 1. The first-order valence-electron chi connectivity index (χ1n) is 10.3. The van der Waals surface area contributed by atoms with Crippen molar-refractivity contribution in [3.63, 3.8) is 0 Å². The lowest BCUT2D eigenvalue weighted by Crippen LogP contribution is -3.15. The summed E-state index contributed by atoms with van der Waals surface area (Å²) >= 11 is 0. The Morgan fingerprint density at radius 1 is 1.06 bits per heavy atom. The molecule has 0 atom stereocenters. The Balaban J connectivity index is 1.47. The minimum Gasteiger partial charge on any atom is -0.496 e. The van der Waals surface area contributed by atoms with E-state index in [4.69, 9.17) is 9.47 Å². The number of aromatic nitrogens is 1. The van der Waals surface area contributed by atoms with E-state index in [1.807, 2.05) is 30.3 Å². The Morgan fingerprint density at radius 3 is 2.48 bits per heavy atom. The third kappa shape index (κ3) is 4.34. The molecular formula is C23H27N4O4+. The summed E-state index contributed by atoms with van der Waals surface area (Å²) in [6.45, 7) is 3.83. The maximum absolute atomic E-state index is 12.9. The van der Waals surface area contributed by atoms with Crippen molar-refractivity contribution in [3.8, 4) is 5.75 Å². The standard InChI is InChI=1S/C23H26N4O4/c1-30-18-10-6-9-17-20(18)21(22(24-17)23(29)31-2)25-19(28)15-26-11-13-27(14-12-26)16-7-4-3-5-8-16/h3-10,24H,11-15H2,1-2H3,(H,25,28)/p+1. The smallest absolute Gasteiger partial charge is 0.356 e. The second-order valence-electron chi connectivity index (χ2n) is 7.55. The molecule has 1 aliphatic heterocycles. The van der Waals surface area contributed by atoms with E-state index in [-0.39, 0.29) is 11.6 Å². The fraction of sp³-hybridized carbons (Fsp3) is 0.304. The Hall–Kier alpha value is -3.52. The Bertz CT molecular complexity index is 1070. The SMILES string of the molecule is COC(=O)c1[nH]c2cccc(OC)c2c1NC(=O)C[NH+]1CCN(c2ccccc2)CC1. The molecule has 4 rings (SSSR count). The predicted molar refractivity (Wildman–Crippen MR) is 119 cm³/mol. The number of para-hydroxylation sites is 1. The molecule has 2 aromatic carbocycles. The highest BCUT2D eigenvalue weighted by Crippen LogP contribution is 2.35. The molecule has 8 nitrogen and oxygen atoms in total. The van der Waals surface area contributed by atoms with Gasteiger partial charge in [-0.05, 0) is 24.3 Å². The predicted octanol–water partition coefficient (Wildman–Crippen LogP) is 1.31. The highest BCUT2D eigenvalue weighted by molar-refractivity contribution is 6.13. The third-order valence-electron chi connectivity index (χ3n) is 5.66. The van der Waals surface area contributed by atoms with Crippen molar-refractivity contribution in [1.29, 1.82) is 0 Å². The number of fused-ring (bicyclic) bond motifs is 1. The number of H-pyrrole nitrogens is 1. The van der Waals surface area contributed by atoms with Gasteiger partial charge in [-0.2, -0.15) is 0 Å². The van der Waals surface area contributed by atoms with E-state index < -0.39 is 5.97 Å². The first kappa shape index (κ1) is 20.7. The summed E-state index contributed by atoms with van der Waals surface area (Å²) in [5.74, 6) is -0.125. The lowest BCUT2D eigenvalue weighted by molar-refractivity contribution is -0.892. The van der Waals surface area contributed by atoms with Gasteiger partial charge < -0.3 is 29.6 Å². The van der Waals surface area contributed by atoms with Crippen LogP contribution in [-0.2, 0) is 9.53 Å². The summed E-state index contributed by atoms with van der Waals surface area (Å²) in [5, 5.41) is 3.58. The number of amides is 1. The number of nitrogens with zero attached hydrogens (tertiary/aromatic N) is 1. The van der Waals surface area contributed by atoms with Crippen LogP contribution < -0.4 is 19.9 Å². The number of ether oxygens (including phenoxy) is 2. The van der Waals surface area contributed by atoms with Crippen LogP contribution in [0.25, 0.3) is 10.9 Å². The van der Waals surface area contributed by atoms with Crippen LogP contribution in [0.1, 0.15) is 10.5 Å². The first-order chi connectivity index (χ1) is 15.1. The van der Waals surface area contributed by atoms with Crippen LogP contribution in [0.2, 0.25) is 0 Å². The Kier molecular flexibility index (Phi) is 6.08. The molecular weight excluding hydrogens is 396 g/mol. The molecule has 1 aromatic heterocycles. The summed E-state index contributed by atoms with van der Waals surface area (Å²) in [5.41, 5.74) is 2.50. The molecule has 1 aliphatic rings. The molecule has 31 heavy (non-hydrogen) atoms. The van der Waals surface area contributed by atoms with E-state index in [9.17, 15) is 9.59 Å². The number of carbonyl (C=O) groups is 2. The van der Waals surface area contributed by atoms with Crippen LogP contribution in [0.15, 0.2) is 48.5 Å². The van der Waals surface area contributed by atoms with Crippen molar-refractivity contribution in [1.82, 2.24) is 4.98 Å². The van der Waals surface area contributed by atoms with Crippen LogP contribution in [-0.4, -0.2) is 63.8 Å². The second-order valence-corrected chi connectivity index (χ2v) is 7.55. The number of anilines is 2. The van der Waals surface area contributed by atoms with Gasteiger partial charge >= 0.3 is 5.97 Å². The Morgan fingerprint density at radius 2 is 1.81 bits per heavy atom. The van der Waals surface area contributed by atoms with E-state index in [0.29, 0.717) is 28.9 Å². The molecule has 3 aromatic rings. The van der Waals surface area contributed by atoms with Crippen molar-refractivity contribution < 1.29 is 24.0 Å². The lowest BCUT2D eigenvalue weighted by atomic mass is 10.2. The molecule has 3 N–H and O–H groups in total. The molecule has 8 heteroatoms. The molecule has 0 bridgehead atoms. The van der Waals surface area contributed by atoms with Crippen LogP contribution in [0.5, 0.6) is 5.75 Å². The fourth-order valence-electron chi connectivity index (χ4n) is 4.07. The molecule has 1 saturated heterocycles. The van der Waals surface area contributed by atoms with Crippen molar-refractivity contribution in [3.05, 3.63) is 54.2 Å². The van der Waals surface area contributed by atoms with Crippen LogP contribution in [0.3, 0.4) is 0 Å². The highest BCUT2D eigenvalue weighted by Gasteiger charge is 2.26. The number of benzene rings is 2. The van der Waals surface area contributed by atoms with Gasteiger partial charge in [0.15, 0.2) is 6.54 Å². The largest absolute Gasteiger partial charge is 0.496 e. The number of piperazine rings is 1. The van der Waals surface area contributed by atoms with Gasteiger partial charge in [0.1, 0.15) is 11.4 Å². The average molecular weight is 423 g/mol. The lowest BCUT2D eigenvalue weighted by Gasteiger charge is -2.33.